The van der Waals surface area contributed by atoms with E-state index in [0.717, 1.165) is 57.5 Å². The Morgan fingerprint density at radius 1 is 1.17 bits per heavy atom. The second kappa shape index (κ2) is 6.98. The number of nitrogens with one attached hydrogen (secondary N) is 1. The van der Waals surface area contributed by atoms with Crippen molar-refractivity contribution < 1.29 is 9.59 Å². The van der Waals surface area contributed by atoms with Crippen LogP contribution in [0.25, 0.3) is 0 Å². The minimum atomic E-state index is -0.434. The Hall–Kier alpha value is -1.44. The van der Waals surface area contributed by atoms with Crippen molar-refractivity contribution >= 4 is 28.2 Å². The van der Waals surface area contributed by atoms with E-state index in [1.807, 2.05) is 0 Å². The van der Waals surface area contributed by atoms with E-state index in [1.165, 1.54) is 16.2 Å². The molecule has 0 atom stereocenters. The third-order valence-corrected chi connectivity index (χ3v) is 5.91. The molecule has 23 heavy (non-hydrogen) atoms. The number of hydrogen-bond acceptors (Lipinski definition) is 5. The van der Waals surface area contributed by atoms with Gasteiger partial charge < -0.3 is 16.0 Å². The number of thiophene rings is 1. The zero-order valence-corrected chi connectivity index (χ0v) is 14.4. The Labute approximate surface area is 140 Å². The Morgan fingerprint density at radius 2 is 1.87 bits per heavy atom. The van der Waals surface area contributed by atoms with Crippen molar-refractivity contribution in [3.05, 3.63) is 16.0 Å². The van der Waals surface area contributed by atoms with Crippen LogP contribution in [0.3, 0.4) is 0 Å². The summed E-state index contributed by atoms with van der Waals surface area (Å²) >= 11 is 1.51. The van der Waals surface area contributed by atoms with Crippen molar-refractivity contribution in [1.82, 2.24) is 9.80 Å². The molecule has 2 aliphatic rings. The van der Waals surface area contributed by atoms with Crippen LogP contribution in [0.15, 0.2) is 0 Å². The maximum atomic E-state index is 12.3. The average Bonchev–Trinajstić information content (AvgIpc) is 3.07. The van der Waals surface area contributed by atoms with Gasteiger partial charge in [0.15, 0.2) is 0 Å². The number of primary amides is 1. The highest BCUT2D eigenvalue weighted by molar-refractivity contribution is 7.17. The van der Waals surface area contributed by atoms with Gasteiger partial charge in [-0.15, -0.1) is 11.3 Å². The molecule has 1 fully saturated rings. The van der Waals surface area contributed by atoms with Crippen LogP contribution in [0.1, 0.15) is 34.1 Å². The third-order valence-electron chi connectivity index (χ3n) is 4.70. The van der Waals surface area contributed by atoms with Gasteiger partial charge in [-0.25, -0.2) is 0 Å². The highest BCUT2D eigenvalue weighted by atomic mass is 32.1. The Balaban J connectivity index is 1.61. The first kappa shape index (κ1) is 16.4. The zero-order valence-electron chi connectivity index (χ0n) is 13.6. The SMILES string of the molecule is CCN1CCN(CC(=O)Nc2sc3c(c2C(N)=O)CCC3)CC1. The Kier molecular flexibility index (Phi) is 4.99. The van der Waals surface area contributed by atoms with Crippen LogP contribution >= 0.6 is 11.3 Å². The second-order valence-corrected chi connectivity index (χ2v) is 7.29. The molecule has 2 heterocycles. The van der Waals surface area contributed by atoms with Crippen molar-refractivity contribution in [3.63, 3.8) is 0 Å². The maximum Gasteiger partial charge on any atom is 0.251 e. The van der Waals surface area contributed by atoms with Gasteiger partial charge in [-0.05, 0) is 31.4 Å². The van der Waals surface area contributed by atoms with Crippen LogP contribution in [0.5, 0.6) is 0 Å². The van der Waals surface area contributed by atoms with Crippen molar-refractivity contribution in [2.24, 2.45) is 5.73 Å². The first-order chi connectivity index (χ1) is 11.1. The highest BCUT2D eigenvalue weighted by Gasteiger charge is 2.26. The predicted octanol–water partition coefficient (Wildman–Crippen LogP) is 0.912. The predicted molar refractivity (Wildman–Crippen MR) is 92.0 cm³/mol. The number of nitrogens with zero attached hydrogens (tertiary/aromatic N) is 2. The molecule has 1 aliphatic heterocycles. The van der Waals surface area contributed by atoms with Gasteiger partial charge in [0.2, 0.25) is 5.91 Å². The summed E-state index contributed by atoms with van der Waals surface area (Å²) in [5, 5.41) is 3.56. The third kappa shape index (κ3) is 3.57. The van der Waals surface area contributed by atoms with Gasteiger partial charge in [-0.2, -0.15) is 0 Å². The lowest BCUT2D eigenvalue weighted by Crippen LogP contribution is -2.48. The minimum Gasteiger partial charge on any atom is -0.365 e. The molecule has 0 saturated carbocycles. The number of amides is 2. The van der Waals surface area contributed by atoms with E-state index in [1.54, 1.807) is 0 Å². The van der Waals surface area contributed by atoms with Crippen molar-refractivity contribution in [1.29, 1.82) is 0 Å². The summed E-state index contributed by atoms with van der Waals surface area (Å²) in [7, 11) is 0. The van der Waals surface area contributed by atoms with Gasteiger partial charge in [0.05, 0.1) is 12.1 Å². The highest BCUT2D eigenvalue weighted by Crippen LogP contribution is 2.38. The molecule has 0 bridgehead atoms. The number of anilines is 1. The van der Waals surface area contributed by atoms with Crippen molar-refractivity contribution in [2.45, 2.75) is 26.2 Å². The summed E-state index contributed by atoms with van der Waals surface area (Å²) < 4.78 is 0. The minimum absolute atomic E-state index is 0.0580. The van der Waals surface area contributed by atoms with Crippen LogP contribution in [0.2, 0.25) is 0 Å². The van der Waals surface area contributed by atoms with Crippen molar-refractivity contribution in [3.8, 4) is 0 Å². The summed E-state index contributed by atoms with van der Waals surface area (Å²) in [4.78, 5) is 29.8. The molecule has 0 spiro atoms. The quantitative estimate of drug-likeness (QED) is 0.838. The molecule has 7 heteroatoms. The fourth-order valence-corrected chi connectivity index (χ4v) is 4.70. The van der Waals surface area contributed by atoms with E-state index >= 15 is 0 Å². The second-order valence-electron chi connectivity index (χ2n) is 6.18. The molecular weight excluding hydrogens is 312 g/mol. The van der Waals surface area contributed by atoms with Gasteiger partial charge in [-0.3, -0.25) is 14.5 Å². The van der Waals surface area contributed by atoms with Gasteiger partial charge in [0.25, 0.3) is 5.91 Å². The summed E-state index contributed by atoms with van der Waals surface area (Å²) in [6.45, 7) is 7.41. The van der Waals surface area contributed by atoms with Gasteiger partial charge in [-0.1, -0.05) is 6.92 Å². The van der Waals surface area contributed by atoms with Gasteiger partial charge in [0.1, 0.15) is 5.00 Å². The summed E-state index contributed by atoms with van der Waals surface area (Å²) in [6, 6.07) is 0. The largest absolute Gasteiger partial charge is 0.365 e. The molecule has 3 rings (SSSR count). The fourth-order valence-electron chi connectivity index (χ4n) is 3.39. The van der Waals surface area contributed by atoms with E-state index in [4.69, 9.17) is 5.73 Å². The number of aryl methyl sites for hydroxylation is 1. The van der Waals surface area contributed by atoms with Crippen LogP contribution in [-0.4, -0.2) is 60.9 Å². The molecular formula is C16H24N4O2S. The molecule has 6 nitrogen and oxygen atoms in total. The van der Waals surface area contributed by atoms with E-state index in [9.17, 15) is 9.59 Å². The molecule has 0 unspecified atom stereocenters. The standard InChI is InChI=1S/C16H24N4O2S/c1-2-19-6-8-20(9-7-19)10-13(21)18-16-14(15(17)22)11-4-3-5-12(11)23-16/h2-10H2,1H3,(H2,17,22)(H,18,21). The average molecular weight is 336 g/mol. The molecule has 1 saturated heterocycles. The Bertz CT molecular complexity index is 605. The number of carbonyl (C=O) groups excluding carboxylic acids is 2. The van der Waals surface area contributed by atoms with Crippen LogP contribution < -0.4 is 11.1 Å². The molecule has 2 amide bonds. The summed E-state index contributed by atoms with van der Waals surface area (Å²) in [5.74, 6) is -0.492. The fraction of sp³-hybridized carbons (Fsp3) is 0.625. The molecule has 1 aromatic heterocycles. The smallest absolute Gasteiger partial charge is 0.251 e. The monoisotopic (exact) mass is 336 g/mol. The summed E-state index contributed by atoms with van der Waals surface area (Å²) in [5.41, 5.74) is 7.11. The molecule has 3 N–H and O–H groups in total. The number of rotatable bonds is 5. The number of fused-ring (bicyclic) bond motifs is 1. The van der Waals surface area contributed by atoms with E-state index < -0.39 is 5.91 Å². The molecule has 1 aliphatic carbocycles. The summed E-state index contributed by atoms with van der Waals surface area (Å²) in [6.07, 6.45) is 2.94. The number of hydrogen-bond donors (Lipinski definition) is 2. The topological polar surface area (TPSA) is 78.7 Å². The lowest BCUT2D eigenvalue weighted by atomic mass is 10.1. The molecule has 0 aromatic carbocycles. The number of nitrogens with two attached hydrogens (primary N) is 1. The molecule has 1 aromatic rings. The molecule has 0 radical (unpaired) electrons. The maximum absolute atomic E-state index is 12.3. The van der Waals surface area contributed by atoms with E-state index in [0.29, 0.717) is 17.1 Å². The number of likely N-dealkylation sites (N-methyl/N-ethyl adjacent to an activating group) is 1. The lowest BCUT2D eigenvalue weighted by molar-refractivity contribution is -0.117. The first-order valence-electron chi connectivity index (χ1n) is 8.27. The normalized spacial score (nSPS) is 18.8. The zero-order chi connectivity index (χ0) is 16.4. The Morgan fingerprint density at radius 3 is 2.52 bits per heavy atom. The van der Waals surface area contributed by atoms with E-state index in [2.05, 4.69) is 22.0 Å². The lowest BCUT2D eigenvalue weighted by Gasteiger charge is -2.33. The first-order valence-corrected chi connectivity index (χ1v) is 9.09. The van der Waals surface area contributed by atoms with Crippen LogP contribution in [0.4, 0.5) is 5.00 Å². The number of piperazine rings is 1. The van der Waals surface area contributed by atoms with Crippen LogP contribution in [-0.2, 0) is 17.6 Å². The number of carbonyl (C=O) groups is 2. The van der Waals surface area contributed by atoms with Crippen molar-refractivity contribution in [2.75, 3.05) is 44.6 Å². The van der Waals surface area contributed by atoms with Gasteiger partial charge >= 0.3 is 0 Å². The van der Waals surface area contributed by atoms with Gasteiger partial charge in [0, 0.05) is 31.1 Å². The molecule has 126 valence electrons. The van der Waals surface area contributed by atoms with E-state index in [-0.39, 0.29) is 5.91 Å². The van der Waals surface area contributed by atoms with Crippen LogP contribution in [0, 0.1) is 0 Å².